The third-order valence-electron chi connectivity index (χ3n) is 5.78. The van der Waals surface area contributed by atoms with Crippen LogP contribution in [0, 0.1) is 25.6 Å². The Balaban J connectivity index is 2.00. The van der Waals surface area contributed by atoms with Crippen molar-refractivity contribution in [2.75, 3.05) is 14.1 Å². The summed E-state index contributed by atoms with van der Waals surface area (Å²) in [5.41, 5.74) is 5.22. The molecule has 1 N–H and O–H groups in total. The first-order chi connectivity index (χ1) is 16.6. The van der Waals surface area contributed by atoms with Gasteiger partial charge in [0.15, 0.2) is 0 Å². The largest absolute Gasteiger partial charge is 0.487 e. The highest BCUT2D eigenvalue weighted by Crippen LogP contribution is 2.32. The van der Waals surface area contributed by atoms with E-state index in [1.54, 1.807) is 13.0 Å². The highest BCUT2D eigenvalue weighted by Gasteiger charge is 2.17. The second kappa shape index (κ2) is 11.1. The Morgan fingerprint density at radius 2 is 2.03 bits per heavy atom. The maximum Gasteiger partial charge on any atom is 0.222 e. The Hall–Kier alpha value is -3.74. The standard InChI is InChI=1S/C28H33FN4O2/c1-8-10-25(33(6)7)21-13-18(4)32-27-20(21)11-9-12-26(27)35-16-22-19(5)23(29)14-30-24(22)15-31-28(34)17(2)3/h8-14,17H,1,15-16H2,2-7H3,(H,31,34)/b25-10-. The zero-order valence-electron chi connectivity index (χ0n) is 21.3. The van der Waals surface area contributed by atoms with Crippen molar-refractivity contribution in [1.29, 1.82) is 0 Å². The molecule has 2 heterocycles. The van der Waals surface area contributed by atoms with Crippen LogP contribution in [0.1, 0.15) is 41.9 Å². The van der Waals surface area contributed by atoms with Crippen LogP contribution < -0.4 is 10.1 Å². The molecule has 0 bridgehead atoms. The van der Waals surface area contributed by atoms with Crippen molar-refractivity contribution >= 4 is 22.5 Å². The summed E-state index contributed by atoms with van der Waals surface area (Å²) in [4.78, 5) is 23.1. The number of rotatable bonds is 9. The Bertz CT molecular complexity index is 1280. The maximum absolute atomic E-state index is 14.4. The molecule has 7 heteroatoms. The summed E-state index contributed by atoms with van der Waals surface area (Å²) in [5.74, 6) is -0.0734. The second-order valence-corrected chi connectivity index (χ2v) is 8.96. The summed E-state index contributed by atoms with van der Waals surface area (Å²) >= 11 is 0. The molecule has 0 spiro atoms. The highest BCUT2D eigenvalue weighted by atomic mass is 19.1. The van der Waals surface area contributed by atoms with Gasteiger partial charge in [-0.05, 0) is 37.6 Å². The lowest BCUT2D eigenvalue weighted by atomic mass is 10.0. The number of halogens is 1. The first-order valence-electron chi connectivity index (χ1n) is 11.6. The van der Waals surface area contributed by atoms with E-state index in [2.05, 4.69) is 16.9 Å². The summed E-state index contributed by atoms with van der Waals surface area (Å²) in [6.07, 6.45) is 4.90. The van der Waals surface area contributed by atoms with E-state index in [1.807, 2.05) is 70.1 Å². The van der Waals surface area contributed by atoms with E-state index in [4.69, 9.17) is 9.72 Å². The number of nitrogens with zero attached hydrogens (tertiary/aromatic N) is 3. The van der Waals surface area contributed by atoms with Gasteiger partial charge in [-0.2, -0.15) is 0 Å². The Kier molecular flexibility index (Phi) is 8.22. The molecule has 0 aliphatic carbocycles. The minimum Gasteiger partial charge on any atom is -0.487 e. The van der Waals surface area contributed by atoms with Crippen molar-refractivity contribution in [2.24, 2.45) is 5.92 Å². The molecule has 6 nitrogen and oxygen atoms in total. The number of carbonyl (C=O) groups is 1. The van der Waals surface area contributed by atoms with Gasteiger partial charge >= 0.3 is 0 Å². The van der Waals surface area contributed by atoms with E-state index in [1.165, 1.54) is 6.20 Å². The molecule has 0 saturated carbocycles. The van der Waals surface area contributed by atoms with Crippen LogP contribution in [0.15, 0.2) is 49.2 Å². The molecule has 3 rings (SSSR count). The van der Waals surface area contributed by atoms with Crippen LogP contribution in [0.5, 0.6) is 5.75 Å². The summed E-state index contributed by atoms with van der Waals surface area (Å²) in [6, 6.07) is 7.82. The van der Waals surface area contributed by atoms with Crippen molar-refractivity contribution in [2.45, 2.75) is 40.8 Å². The van der Waals surface area contributed by atoms with E-state index in [9.17, 15) is 9.18 Å². The van der Waals surface area contributed by atoms with Gasteiger partial charge in [-0.1, -0.05) is 38.6 Å². The van der Waals surface area contributed by atoms with Crippen molar-refractivity contribution in [3.63, 3.8) is 0 Å². The molecule has 0 aliphatic heterocycles. The third kappa shape index (κ3) is 5.85. The number of para-hydroxylation sites is 1. The van der Waals surface area contributed by atoms with Gasteiger partial charge in [-0.3, -0.25) is 9.78 Å². The lowest BCUT2D eigenvalue weighted by Crippen LogP contribution is -2.28. The van der Waals surface area contributed by atoms with Crippen LogP contribution in [-0.2, 0) is 17.9 Å². The van der Waals surface area contributed by atoms with E-state index in [-0.39, 0.29) is 25.0 Å². The molecular formula is C28H33FN4O2. The van der Waals surface area contributed by atoms with Crippen LogP contribution in [0.25, 0.3) is 16.6 Å². The molecule has 0 radical (unpaired) electrons. The van der Waals surface area contributed by atoms with Crippen LogP contribution >= 0.6 is 0 Å². The number of hydrogen-bond donors (Lipinski definition) is 1. The number of carbonyl (C=O) groups excluding carboxylic acids is 1. The van der Waals surface area contributed by atoms with E-state index >= 15 is 0 Å². The fraction of sp³-hybridized carbons (Fsp3) is 0.321. The number of amides is 1. The lowest BCUT2D eigenvalue weighted by Gasteiger charge is -2.20. The van der Waals surface area contributed by atoms with Gasteiger partial charge in [0.2, 0.25) is 5.91 Å². The number of benzene rings is 1. The van der Waals surface area contributed by atoms with Gasteiger partial charge < -0.3 is 15.0 Å². The molecule has 184 valence electrons. The normalized spacial score (nSPS) is 11.6. The van der Waals surface area contributed by atoms with E-state index < -0.39 is 5.82 Å². The Morgan fingerprint density at radius 1 is 1.29 bits per heavy atom. The number of aromatic nitrogens is 2. The van der Waals surface area contributed by atoms with Gasteiger partial charge in [-0.15, -0.1) is 0 Å². The van der Waals surface area contributed by atoms with E-state index in [0.29, 0.717) is 22.6 Å². The predicted molar refractivity (Wildman–Crippen MR) is 138 cm³/mol. The molecule has 0 atom stereocenters. The smallest absolute Gasteiger partial charge is 0.222 e. The van der Waals surface area contributed by atoms with Crippen molar-refractivity contribution in [1.82, 2.24) is 20.2 Å². The predicted octanol–water partition coefficient (Wildman–Crippen LogP) is 5.33. The van der Waals surface area contributed by atoms with Gasteiger partial charge in [0.25, 0.3) is 0 Å². The third-order valence-corrected chi connectivity index (χ3v) is 5.78. The molecule has 3 aromatic rings. The quantitative estimate of drug-likeness (QED) is 0.423. The number of allylic oxidation sites excluding steroid dienone is 2. The average molecular weight is 477 g/mol. The second-order valence-electron chi connectivity index (χ2n) is 8.96. The van der Waals surface area contributed by atoms with Gasteiger partial charge in [0.1, 0.15) is 23.7 Å². The molecular weight excluding hydrogens is 443 g/mol. The molecule has 0 saturated heterocycles. The molecule has 2 aromatic heterocycles. The number of ether oxygens (including phenoxy) is 1. The summed E-state index contributed by atoms with van der Waals surface area (Å²) < 4.78 is 20.6. The van der Waals surface area contributed by atoms with Crippen LogP contribution in [0.4, 0.5) is 4.39 Å². The van der Waals surface area contributed by atoms with Crippen LogP contribution in [0.3, 0.4) is 0 Å². The zero-order chi connectivity index (χ0) is 25.7. The highest BCUT2D eigenvalue weighted by molar-refractivity contribution is 5.94. The number of pyridine rings is 2. The molecule has 35 heavy (non-hydrogen) atoms. The molecule has 0 aliphatic rings. The topological polar surface area (TPSA) is 67.3 Å². The maximum atomic E-state index is 14.4. The lowest BCUT2D eigenvalue weighted by molar-refractivity contribution is -0.124. The minimum atomic E-state index is -0.415. The fourth-order valence-corrected chi connectivity index (χ4v) is 3.81. The fourth-order valence-electron chi connectivity index (χ4n) is 3.81. The Morgan fingerprint density at radius 3 is 2.69 bits per heavy atom. The van der Waals surface area contributed by atoms with E-state index in [0.717, 1.165) is 27.9 Å². The van der Waals surface area contributed by atoms with Gasteiger partial charge in [0, 0.05) is 47.9 Å². The van der Waals surface area contributed by atoms with Crippen molar-refractivity contribution in [3.05, 3.63) is 83.1 Å². The summed E-state index contributed by atoms with van der Waals surface area (Å²) in [5, 5.41) is 3.79. The van der Waals surface area contributed by atoms with Gasteiger partial charge in [0.05, 0.1) is 18.4 Å². The van der Waals surface area contributed by atoms with Crippen LogP contribution in [-0.4, -0.2) is 34.9 Å². The van der Waals surface area contributed by atoms with Crippen LogP contribution in [0.2, 0.25) is 0 Å². The SMILES string of the molecule is C=C/C=C(/c1cc(C)nc2c(OCc3c(CNC(=O)C(C)C)ncc(F)c3C)cccc12)N(C)C. The van der Waals surface area contributed by atoms with Gasteiger partial charge in [-0.25, -0.2) is 9.37 Å². The number of aryl methyl sites for hydroxylation is 1. The molecule has 0 unspecified atom stereocenters. The average Bonchev–Trinajstić information content (AvgIpc) is 2.81. The summed E-state index contributed by atoms with van der Waals surface area (Å²) in [6.45, 7) is 11.4. The molecule has 1 aromatic carbocycles. The zero-order valence-corrected chi connectivity index (χ0v) is 21.3. The molecule has 1 amide bonds. The Labute approximate surface area is 206 Å². The van der Waals surface area contributed by atoms with Crippen molar-refractivity contribution in [3.8, 4) is 5.75 Å². The monoisotopic (exact) mass is 476 g/mol. The molecule has 0 fully saturated rings. The number of fused-ring (bicyclic) bond motifs is 1. The minimum absolute atomic E-state index is 0.0915. The van der Waals surface area contributed by atoms with Crippen molar-refractivity contribution < 1.29 is 13.9 Å². The first-order valence-corrected chi connectivity index (χ1v) is 11.6. The number of nitrogens with one attached hydrogen (secondary N) is 1. The first kappa shape index (κ1) is 25.9. The number of hydrogen-bond acceptors (Lipinski definition) is 5. The summed E-state index contributed by atoms with van der Waals surface area (Å²) in [7, 11) is 3.97.